The predicted molar refractivity (Wildman–Crippen MR) is 194 cm³/mol. The van der Waals surface area contributed by atoms with Crippen LogP contribution in [-0.4, -0.2) is 66.7 Å². The molecule has 0 bridgehead atoms. The van der Waals surface area contributed by atoms with E-state index in [-0.39, 0.29) is 23.8 Å². The molecule has 8 nitrogen and oxygen atoms in total. The fraction of sp³-hybridized carbons (Fsp3) is 0.359. The van der Waals surface area contributed by atoms with Gasteiger partial charge in [0.15, 0.2) is 0 Å². The molecule has 3 amide bonds. The molecule has 5 rings (SSSR count). The molecule has 3 N–H and O–H groups in total. The van der Waals surface area contributed by atoms with Gasteiger partial charge < -0.3 is 25.6 Å². The number of benzene rings is 4. The van der Waals surface area contributed by atoms with Crippen LogP contribution >= 0.6 is 15.9 Å². The third-order valence-corrected chi connectivity index (χ3v) is 9.01. The Morgan fingerprint density at radius 3 is 2.23 bits per heavy atom. The third-order valence-electron chi connectivity index (χ3n) is 8.51. The maximum absolute atomic E-state index is 14.2. The van der Waals surface area contributed by atoms with Gasteiger partial charge in [-0.05, 0) is 86.2 Å². The Morgan fingerprint density at radius 2 is 1.56 bits per heavy atom. The third kappa shape index (κ3) is 9.90. The average Bonchev–Trinajstić information content (AvgIpc) is 3.21. The van der Waals surface area contributed by atoms with Gasteiger partial charge in [-0.25, -0.2) is 4.79 Å². The second-order valence-electron chi connectivity index (χ2n) is 13.4. The lowest BCUT2D eigenvalue weighted by molar-refractivity contribution is -0.133. The van der Waals surface area contributed by atoms with Crippen LogP contribution < -0.4 is 16.0 Å². The van der Waals surface area contributed by atoms with Crippen molar-refractivity contribution in [1.29, 1.82) is 0 Å². The van der Waals surface area contributed by atoms with Crippen molar-refractivity contribution >= 4 is 44.6 Å². The van der Waals surface area contributed by atoms with Crippen LogP contribution in [0.3, 0.4) is 0 Å². The number of hydrogen-bond donors (Lipinski definition) is 3. The van der Waals surface area contributed by atoms with Crippen LogP contribution in [-0.2, 0) is 9.53 Å². The normalized spacial score (nSPS) is 16.9. The van der Waals surface area contributed by atoms with Crippen LogP contribution in [0.5, 0.6) is 0 Å². The van der Waals surface area contributed by atoms with Crippen molar-refractivity contribution in [3.8, 4) is 0 Å². The lowest BCUT2D eigenvalue weighted by Gasteiger charge is -2.29. The second-order valence-corrected chi connectivity index (χ2v) is 14.3. The topological polar surface area (TPSA) is 99.8 Å². The number of fused-ring (bicyclic) bond motifs is 1. The molecule has 0 aliphatic carbocycles. The molecule has 0 unspecified atom stereocenters. The van der Waals surface area contributed by atoms with Crippen molar-refractivity contribution < 1.29 is 19.1 Å². The first-order chi connectivity index (χ1) is 23.1. The van der Waals surface area contributed by atoms with Gasteiger partial charge in [0.2, 0.25) is 5.91 Å². The molecule has 0 spiro atoms. The number of nitrogens with zero attached hydrogens (tertiary/aromatic N) is 1. The maximum Gasteiger partial charge on any atom is 0.407 e. The summed E-state index contributed by atoms with van der Waals surface area (Å²) in [5, 5.41) is 11.5. The van der Waals surface area contributed by atoms with Gasteiger partial charge >= 0.3 is 6.09 Å². The van der Waals surface area contributed by atoms with Crippen molar-refractivity contribution in [2.45, 2.75) is 63.6 Å². The molecule has 1 heterocycles. The van der Waals surface area contributed by atoms with Gasteiger partial charge in [0, 0.05) is 48.2 Å². The van der Waals surface area contributed by atoms with E-state index in [0.29, 0.717) is 51.0 Å². The minimum atomic E-state index is -0.584. The molecule has 1 fully saturated rings. The number of carbonyl (C=O) groups excluding carboxylic acids is 3. The summed E-state index contributed by atoms with van der Waals surface area (Å²) in [6, 6.07) is 31.7. The van der Waals surface area contributed by atoms with Gasteiger partial charge in [0.25, 0.3) is 5.91 Å². The minimum Gasteiger partial charge on any atom is -0.444 e. The molecule has 0 saturated carbocycles. The summed E-state index contributed by atoms with van der Waals surface area (Å²) in [4.78, 5) is 41.6. The van der Waals surface area contributed by atoms with Crippen molar-refractivity contribution in [3.05, 3.63) is 118 Å². The number of hydrogen-bond acceptors (Lipinski definition) is 5. The van der Waals surface area contributed by atoms with E-state index in [1.165, 1.54) is 0 Å². The van der Waals surface area contributed by atoms with Gasteiger partial charge in [-0.3, -0.25) is 9.59 Å². The van der Waals surface area contributed by atoms with Crippen molar-refractivity contribution in [2.75, 3.05) is 26.2 Å². The van der Waals surface area contributed by atoms with Crippen LogP contribution in [0.2, 0.25) is 0 Å². The number of halogens is 1. The highest BCUT2D eigenvalue weighted by molar-refractivity contribution is 9.10. The lowest BCUT2D eigenvalue weighted by Crippen LogP contribution is -2.49. The minimum absolute atomic E-state index is 0.00983. The molecule has 4 aromatic rings. The lowest BCUT2D eigenvalue weighted by atomic mass is 9.90. The van der Waals surface area contributed by atoms with Crippen LogP contribution in [0.15, 0.2) is 102 Å². The highest BCUT2D eigenvalue weighted by Gasteiger charge is 2.32. The van der Waals surface area contributed by atoms with Gasteiger partial charge in [-0.2, -0.15) is 0 Å². The number of nitrogens with one attached hydrogen (secondary N) is 3. The molecule has 1 aliphatic heterocycles. The first-order valence-corrected chi connectivity index (χ1v) is 17.4. The monoisotopic (exact) mass is 712 g/mol. The summed E-state index contributed by atoms with van der Waals surface area (Å²) in [6.07, 6.45) is 1.32. The largest absolute Gasteiger partial charge is 0.444 e. The number of rotatable bonds is 11. The van der Waals surface area contributed by atoms with E-state index >= 15 is 0 Å². The van der Waals surface area contributed by atoms with E-state index in [9.17, 15) is 14.4 Å². The Kier molecular flexibility index (Phi) is 11.9. The molecule has 252 valence electrons. The summed E-state index contributed by atoms with van der Waals surface area (Å²) in [5.74, 6) is -0.116. The molecule has 4 aromatic carbocycles. The average molecular weight is 714 g/mol. The number of ether oxygens (including phenoxy) is 1. The highest BCUT2D eigenvalue weighted by Crippen LogP contribution is 2.27. The van der Waals surface area contributed by atoms with E-state index in [1.54, 1.807) is 0 Å². The summed E-state index contributed by atoms with van der Waals surface area (Å²) >= 11 is 3.50. The molecule has 0 aromatic heterocycles. The second kappa shape index (κ2) is 16.3. The van der Waals surface area contributed by atoms with Crippen molar-refractivity contribution in [1.82, 2.24) is 20.9 Å². The van der Waals surface area contributed by atoms with Crippen LogP contribution in [0.4, 0.5) is 4.79 Å². The Hall–Kier alpha value is -4.21. The molecular formula is C39H45BrN4O4. The summed E-state index contributed by atoms with van der Waals surface area (Å²) < 4.78 is 6.36. The molecular weight excluding hydrogens is 668 g/mol. The summed E-state index contributed by atoms with van der Waals surface area (Å²) in [7, 11) is 0. The molecule has 2 atom stereocenters. The molecule has 1 saturated heterocycles. The zero-order chi connectivity index (χ0) is 34.1. The summed E-state index contributed by atoms with van der Waals surface area (Å²) in [6.45, 7) is 7.33. The first kappa shape index (κ1) is 35.1. The van der Waals surface area contributed by atoms with E-state index in [1.807, 2.05) is 98.5 Å². The number of alkyl carbamates (subject to hydrolysis) is 1. The predicted octanol–water partition coefficient (Wildman–Crippen LogP) is 7.03. The maximum atomic E-state index is 14.2. The van der Waals surface area contributed by atoms with Crippen molar-refractivity contribution in [2.24, 2.45) is 0 Å². The van der Waals surface area contributed by atoms with E-state index in [2.05, 4.69) is 56.1 Å². The Labute approximate surface area is 291 Å². The van der Waals surface area contributed by atoms with Gasteiger partial charge in [-0.15, -0.1) is 0 Å². The smallest absolute Gasteiger partial charge is 0.407 e. The van der Waals surface area contributed by atoms with Crippen molar-refractivity contribution in [3.63, 3.8) is 0 Å². The first-order valence-electron chi connectivity index (χ1n) is 16.6. The molecule has 48 heavy (non-hydrogen) atoms. The fourth-order valence-corrected chi connectivity index (χ4v) is 6.49. The Bertz CT molecular complexity index is 1650. The van der Waals surface area contributed by atoms with E-state index in [4.69, 9.17) is 4.74 Å². The Balaban J connectivity index is 1.29. The van der Waals surface area contributed by atoms with Crippen LogP contribution in [0.1, 0.15) is 67.4 Å². The fourth-order valence-electron chi connectivity index (χ4n) is 6.11. The van der Waals surface area contributed by atoms with Crippen LogP contribution in [0, 0.1) is 0 Å². The quantitative estimate of drug-likeness (QED) is 0.145. The van der Waals surface area contributed by atoms with E-state index < -0.39 is 17.7 Å². The van der Waals surface area contributed by atoms with Crippen LogP contribution in [0.25, 0.3) is 10.8 Å². The summed E-state index contributed by atoms with van der Waals surface area (Å²) in [5.41, 5.74) is 2.31. The number of carbonyl (C=O) groups is 3. The molecule has 0 radical (unpaired) electrons. The van der Waals surface area contributed by atoms with Gasteiger partial charge in [0.1, 0.15) is 5.60 Å². The van der Waals surface area contributed by atoms with E-state index in [0.717, 1.165) is 26.4 Å². The SMILES string of the molecule is CC(C)(C)OC(=O)NCCC[C@@H]1N[C@H](CNC(=O)c2ccc3cc(Br)ccc3c2)CCN(CC(c2ccccc2)c2ccccc2)C1=O. The number of amides is 3. The molecule has 1 aliphatic rings. The zero-order valence-electron chi connectivity index (χ0n) is 27.9. The van der Waals surface area contributed by atoms with Gasteiger partial charge in [-0.1, -0.05) is 88.7 Å². The standard InChI is InChI=1S/C39H45BrN4O4/c1-39(2,3)48-38(47)41-21-10-15-35-37(46)44(26-34(27-11-6-4-7-12-27)28-13-8-5-9-14-28)22-20-33(43-35)25-42-36(45)31-17-16-30-24-32(40)19-18-29(30)23-31/h4-9,11-14,16-19,23-24,33-35,43H,10,15,20-22,25-26H2,1-3H3,(H,41,47)(H,42,45)/t33-,35-/m0/s1. The Morgan fingerprint density at radius 1 is 0.917 bits per heavy atom. The van der Waals surface area contributed by atoms with Gasteiger partial charge in [0.05, 0.1) is 6.04 Å². The molecule has 9 heteroatoms. The highest BCUT2D eigenvalue weighted by atomic mass is 79.9. The zero-order valence-corrected chi connectivity index (χ0v) is 29.5.